The number of carbonyl (C=O) groups excluding carboxylic acids is 1. The number of nitrogens with zero attached hydrogens (tertiary/aromatic N) is 2. The maximum atomic E-state index is 12.3. The highest BCUT2D eigenvalue weighted by molar-refractivity contribution is 6.30. The van der Waals surface area contributed by atoms with Crippen LogP contribution in [0.4, 0.5) is 0 Å². The number of H-pyrrole nitrogens is 1. The van der Waals surface area contributed by atoms with Crippen LogP contribution in [0.25, 0.3) is 17.8 Å². The summed E-state index contributed by atoms with van der Waals surface area (Å²) in [4.78, 5) is 42.9. The largest absolute Gasteiger partial charge is 0.494 e. The predicted octanol–water partition coefficient (Wildman–Crippen LogP) is 0.909. The Bertz CT molecular complexity index is 1380. The van der Waals surface area contributed by atoms with Crippen molar-refractivity contribution in [3.8, 4) is 11.6 Å². The molecule has 0 unspecified atom stereocenters. The van der Waals surface area contributed by atoms with Crippen molar-refractivity contribution in [2.24, 2.45) is 4.99 Å². The summed E-state index contributed by atoms with van der Waals surface area (Å²) in [6.07, 6.45) is 2.78. The Kier molecular flexibility index (Phi) is 4.29. The summed E-state index contributed by atoms with van der Waals surface area (Å²) < 4.78 is 0.919. The van der Waals surface area contributed by atoms with Crippen LogP contribution in [0.3, 0.4) is 0 Å². The zero-order valence-electron chi connectivity index (χ0n) is 14.2. The van der Waals surface area contributed by atoms with Gasteiger partial charge in [0.05, 0.1) is 11.0 Å². The Hall–Kier alpha value is -3.71. The monoisotopic (exact) mass is 393 g/mol. The van der Waals surface area contributed by atoms with E-state index in [1.54, 1.807) is 42.5 Å². The summed E-state index contributed by atoms with van der Waals surface area (Å²) in [5, 5.41) is 12.3. The number of halogens is 1. The number of rotatable bonds is 2. The van der Waals surface area contributed by atoms with E-state index in [9.17, 15) is 19.5 Å². The van der Waals surface area contributed by atoms with Crippen molar-refractivity contribution in [1.29, 1.82) is 0 Å². The van der Waals surface area contributed by atoms with E-state index in [0.717, 1.165) is 4.57 Å². The van der Waals surface area contributed by atoms with Gasteiger partial charge in [-0.2, -0.15) is 0 Å². The number of carbonyl (C=O) groups is 1. The van der Waals surface area contributed by atoms with Crippen LogP contribution in [-0.2, 0) is 4.79 Å². The number of fused-ring (bicyclic) bond motifs is 1. The van der Waals surface area contributed by atoms with Crippen LogP contribution in [0.2, 0.25) is 5.02 Å². The third-order valence-corrected chi connectivity index (χ3v) is 4.47. The summed E-state index contributed by atoms with van der Waals surface area (Å²) in [5.41, 5.74) is -1.46. The molecule has 0 fully saturated rings. The molecule has 7 nitrogen and oxygen atoms in total. The second kappa shape index (κ2) is 6.79. The lowest BCUT2D eigenvalue weighted by atomic mass is 10.1. The molecule has 0 radical (unpaired) electrons. The van der Waals surface area contributed by atoms with Crippen LogP contribution in [0.5, 0.6) is 5.88 Å². The van der Waals surface area contributed by atoms with Crippen LogP contribution < -0.4 is 21.8 Å². The first-order valence-corrected chi connectivity index (χ1v) is 8.57. The first-order chi connectivity index (χ1) is 13.4. The Balaban J connectivity index is 1.93. The number of hydrogen-bond donors (Lipinski definition) is 2. The van der Waals surface area contributed by atoms with Crippen molar-refractivity contribution in [1.82, 2.24) is 9.55 Å². The first kappa shape index (κ1) is 17.7. The molecule has 1 aliphatic rings. The maximum Gasteiger partial charge on any atom is 0.335 e. The predicted molar refractivity (Wildman–Crippen MR) is 104 cm³/mol. The molecule has 0 bridgehead atoms. The van der Waals surface area contributed by atoms with Gasteiger partial charge in [0.1, 0.15) is 5.56 Å². The number of aromatic hydroxyl groups is 1. The second-order valence-electron chi connectivity index (χ2n) is 6.03. The van der Waals surface area contributed by atoms with Gasteiger partial charge in [-0.1, -0.05) is 29.8 Å². The van der Waals surface area contributed by atoms with Crippen LogP contribution in [-0.4, -0.2) is 20.6 Å². The van der Waals surface area contributed by atoms with Crippen molar-refractivity contribution in [3.63, 3.8) is 0 Å². The quantitative estimate of drug-likeness (QED) is 0.631. The first-order valence-electron chi connectivity index (χ1n) is 8.20. The molecule has 4 rings (SSSR count). The average molecular weight is 394 g/mol. The Morgan fingerprint density at radius 3 is 2.50 bits per heavy atom. The molecular formula is C20H12ClN3O4. The van der Waals surface area contributed by atoms with Gasteiger partial charge in [-0.3, -0.25) is 14.6 Å². The smallest absolute Gasteiger partial charge is 0.335 e. The molecule has 0 atom stereocenters. The number of nitrogens with one attached hydrogen (secondary N) is 1. The molecule has 0 saturated carbocycles. The molecule has 0 spiro atoms. The Morgan fingerprint density at radius 2 is 1.75 bits per heavy atom. The zero-order chi connectivity index (χ0) is 19.8. The molecule has 138 valence electrons. The van der Waals surface area contributed by atoms with Gasteiger partial charge >= 0.3 is 5.69 Å². The highest BCUT2D eigenvalue weighted by Crippen LogP contribution is 2.21. The Morgan fingerprint density at radius 1 is 1.04 bits per heavy atom. The molecule has 0 aliphatic carbocycles. The summed E-state index contributed by atoms with van der Waals surface area (Å²) in [7, 11) is 0. The molecule has 2 N–H and O–H groups in total. The summed E-state index contributed by atoms with van der Waals surface area (Å²) >= 11 is 5.85. The lowest BCUT2D eigenvalue weighted by molar-refractivity contribution is -0.114. The molecule has 1 amide bonds. The van der Waals surface area contributed by atoms with E-state index in [1.165, 1.54) is 18.2 Å². The minimum Gasteiger partial charge on any atom is -0.494 e. The molecule has 2 heterocycles. The Labute approximate surface area is 162 Å². The number of hydrogen-bond acceptors (Lipinski definition) is 4. The summed E-state index contributed by atoms with van der Waals surface area (Å²) in [5.74, 6) is -1.15. The number of benzene rings is 2. The highest BCUT2D eigenvalue weighted by Gasteiger charge is 2.17. The minimum atomic E-state index is -0.819. The van der Waals surface area contributed by atoms with Gasteiger partial charge < -0.3 is 5.11 Å². The normalized spacial score (nSPS) is 14.3. The van der Waals surface area contributed by atoms with Crippen LogP contribution >= 0.6 is 11.6 Å². The molecule has 28 heavy (non-hydrogen) atoms. The number of aromatic amines is 1. The number of aromatic nitrogens is 2. The van der Waals surface area contributed by atoms with Crippen molar-refractivity contribution in [3.05, 3.63) is 96.1 Å². The van der Waals surface area contributed by atoms with Crippen molar-refractivity contribution in [2.75, 3.05) is 0 Å². The molecule has 3 aromatic rings. The third-order valence-electron chi connectivity index (χ3n) is 4.22. The lowest BCUT2D eigenvalue weighted by Crippen LogP contribution is -2.31. The topological polar surface area (TPSA) is 105 Å². The van der Waals surface area contributed by atoms with Crippen molar-refractivity contribution >= 4 is 29.7 Å². The third kappa shape index (κ3) is 3.08. The summed E-state index contributed by atoms with van der Waals surface area (Å²) in [6.45, 7) is 0. The van der Waals surface area contributed by atoms with Crippen LogP contribution in [0.1, 0.15) is 5.56 Å². The average Bonchev–Trinajstić information content (AvgIpc) is 2.66. The van der Waals surface area contributed by atoms with E-state index < -0.39 is 23.0 Å². The molecular weight excluding hydrogens is 382 g/mol. The van der Waals surface area contributed by atoms with Gasteiger partial charge in [-0.15, -0.1) is 0 Å². The zero-order valence-corrected chi connectivity index (χ0v) is 15.0. The lowest BCUT2D eigenvalue weighted by Gasteiger charge is -2.10. The van der Waals surface area contributed by atoms with E-state index >= 15 is 0 Å². The van der Waals surface area contributed by atoms with E-state index in [4.69, 9.17) is 11.6 Å². The fourth-order valence-electron chi connectivity index (χ4n) is 2.87. The van der Waals surface area contributed by atoms with Gasteiger partial charge in [0, 0.05) is 15.8 Å². The molecule has 8 heteroatoms. The van der Waals surface area contributed by atoms with Gasteiger partial charge in [-0.05, 0) is 42.5 Å². The molecule has 0 saturated heterocycles. The molecule has 1 aromatic heterocycles. The van der Waals surface area contributed by atoms with Gasteiger partial charge in [-0.25, -0.2) is 14.4 Å². The van der Waals surface area contributed by atoms with Crippen molar-refractivity contribution in [2.45, 2.75) is 0 Å². The van der Waals surface area contributed by atoms with E-state index in [1.807, 2.05) is 0 Å². The van der Waals surface area contributed by atoms with Gasteiger partial charge in [0.2, 0.25) is 5.88 Å². The molecule has 2 aromatic carbocycles. The minimum absolute atomic E-state index is 0.112. The SMILES string of the molecule is O=C1N=c2ccccc2=CC1=Cc1c(O)n(-c2ccc(Cl)cc2)c(=O)[nH]c1=O. The van der Waals surface area contributed by atoms with Gasteiger partial charge in [0.15, 0.2) is 0 Å². The molecule has 1 aliphatic heterocycles. The highest BCUT2D eigenvalue weighted by atomic mass is 35.5. The standard InChI is InChI=1S/C20H12ClN3O4/c21-13-5-7-14(8-6-13)24-19(27)15(18(26)23-20(24)28)10-12-9-11-3-1-2-4-16(11)22-17(12)25/h1-10,27H,(H,23,26,28). The van der Waals surface area contributed by atoms with Crippen LogP contribution in [0.15, 0.2) is 68.7 Å². The van der Waals surface area contributed by atoms with E-state index in [0.29, 0.717) is 21.3 Å². The maximum absolute atomic E-state index is 12.3. The van der Waals surface area contributed by atoms with E-state index in [-0.39, 0.29) is 11.1 Å². The van der Waals surface area contributed by atoms with Crippen LogP contribution in [0, 0.1) is 0 Å². The van der Waals surface area contributed by atoms with Gasteiger partial charge in [0.25, 0.3) is 11.5 Å². The number of para-hydroxylation sites is 1. The second-order valence-corrected chi connectivity index (χ2v) is 6.46. The van der Waals surface area contributed by atoms with E-state index in [2.05, 4.69) is 9.98 Å². The fraction of sp³-hybridized carbons (Fsp3) is 0. The summed E-state index contributed by atoms with van der Waals surface area (Å²) in [6, 6.07) is 13.1. The van der Waals surface area contributed by atoms with Crippen molar-refractivity contribution < 1.29 is 9.90 Å². The number of amides is 1. The fourth-order valence-corrected chi connectivity index (χ4v) is 3.00.